The van der Waals surface area contributed by atoms with Crippen LogP contribution in [-0.4, -0.2) is 49.8 Å². The van der Waals surface area contributed by atoms with Gasteiger partial charge in [0.15, 0.2) is 0 Å². The Hall–Kier alpha value is -2.01. The predicted octanol–water partition coefficient (Wildman–Crippen LogP) is 1.95. The molecule has 0 radical (unpaired) electrons. The van der Waals surface area contributed by atoms with Crippen LogP contribution in [0.1, 0.15) is 19.4 Å². The van der Waals surface area contributed by atoms with Crippen LogP contribution in [0, 0.1) is 0 Å². The molecule has 0 aliphatic rings. The quantitative estimate of drug-likeness (QED) is 0.781. The van der Waals surface area contributed by atoms with Crippen molar-refractivity contribution in [3.63, 3.8) is 0 Å². The van der Waals surface area contributed by atoms with Crippen molar-refractivity contribution in [3.8, 4) is 11.5 Å². The Morgan fingerprint density at radius 1 is 1.33 bits per heavy atom. The fourth-order valence-corrected chi connectivity index (χ4v) is 2.02. The maximum absolute atomic E-state index is 12.1. The molecule has 116 valence electrons. The zero-order chi connectivity index (χ0) is 15.8. The van der Waals surface area contributed by atoms with Gasteiger partial charge < -0.3 is 19.5 Å². The van der Waals surface area contributed by atoms with E-state index in [1.807, 2.05) is 26.0 Å². The molecular formula is C16H23NO4. The van der Waals surface area contributed by atoms with E-state index in [-0.39, 0.29) is 12.5 Å². The van der Waals surface area contributed by atoms with Gasteiger partial charge in [-0.25, -0.2) is 0 Å². The summed E-state index contributed by atoms with van der Waals surface area (Å²) in [5, 5.41) is 8.96. The van der Waals surface area contributed by atoms with Gasteiger partial charge in [-0.1, -0.05) is 0 Å². The number of methoxy groups -OCH3 is 2. The molecule has 0 atom stereocenters. The molecule has 1 aromatic rings. The smallest absolute Gasteiger partial charge is 0.246 e. The van der Waals surface area contributed by atoms with Crippen molar-refractivity contribution in [3.05, 3.63) is 29.8 Å². The van der Waals surface area contributed by atoms with E-state index in [1.54, 1.807) is 31.3 Å². The zero-order valence-electron chi connectivity index (χ0n) is 13.0. The Kier molecular flexibility index (Phi) is 6.75. The van der Waals surface area contributed by atoms with Crippen molar-refractivity contribution >= 4 is 11.5 Å². The largest absolute Gasteiger partial charge is 0.497 e. The summed E-state index contributed by atoms with van der Waals surface area (Å²) < 4.78 is 10.5. The Bertz CT molecular complexity index is 511. The minimum Gasteiger partial charge on any atom is -0.497 e. The summed E-state index contributed by atoms with van der Waals surface area (Å²) in [5.74, 6) is 1.23. The van der Waals surface area contributed by atoms with Crippen LogP contribution in [-0.2, 0) is 4.79 Å². The van der Waals surface area contributed by atoms with Crippen molar-refractivity contribution in [1.29, 1.82) is 0 Å². The Morgan fingerprint density at radius 3 is 2.57 bits per heavy atom. The average molecular weight is 293 g/mol. The second-order valence-corrected chi connectivity index (χ2v) is 4.54. The van der Waals surface area contributed by atoms with Crippen LogP contribution in [0.5, 0.6) is 11.5 Å². The highest BCUT2D eigenvalue weighted by Gasteiger charge is 2.12. The molecule has 0 bridgehead atoms. The maximum atomic E-state index is 12.1. The molecule has 0 aromatic heterocycles. The van der Waals surface area contributed by atoms with Gasteiger partial charge in [-0.05, 0) is 31.6 Å². The lowest BCUT2D eigenvalue weighted by Gasteiger charge is -2.18. The fourth-order valence-electron chi connectivity index (χ4n) is 2.02. The van der Waals surface area contributed by atoms with Crippen LogP contribution in [0.25, 0.3) is 5.57 Å². The lowest BCUT2D eigenvalue weighted by atomic mass is 10.1. The lowest BCUT2D eigenvalue weighted by Crippen LogP contribution is -2.32. The number of allylic oxidation sites excluding steroid dienone is 1. The monoisotopic (exact) mass is 293 g/mol. The number of aliphatic hydroxyl groups is 1. The van der Waals surface area contributed by atoms with Crippen molar-refractivity contribution in [2.24, 2.45) is 0 Å². The molecule has 0 heterocycles. The number of amides is 1. The molecule has 0 spiro atoms. The number of rotatable bonds is 7. The van der Waals surface area contributed by atoms with Crippen LogP contribution in [0.4, 0.5) is 0 Å². The van der Waals surface area contributed by atoms with E-state index < -0.39 is 0 Å². The van der Waals surface area contributed by atoms with Gasteiger partial charge in [0.2, 0.25) is 5.91 Å². The van der Waals surface area contributed by atoms with Gasteiger partial charge in [-0.2, -0.15) is 0 Å². The van der Waals surface area contributed by atoms with Crippen molar-refractivity contribution in [2.45, 2.75) is 13.8 Å². The second kappa shape index (κ2) is 8.32. The third kappa shape index (κ3) is 4.49. The molecule has 1 rings (SSSR count). The number of nitrogens with zero attached hydrogens (tertiary/aromatic N) is 1. The van der Waals surface area contributed by atoms with Gasteiger partial charge in [0, 0.05) is 30.8 Å². The summed E-state index contributed by atoms with van der Waals surface area (Å²) in [4.78, 5) is 13.7. The summed E-state index contributed by atoms with van der Waals surface area (Å²) >= 11 is 0. The minimum absolute atomic E-state index is 0.0433. The van der Waals surface area contributed by atoms with E-state index in [4.69, 9.17) is 14.6 Å². The number of benzene rings is 1. The number of aliphatic hydroxyl groups excluding tert-OH is 1. The highest BCUT2D eigenvalue weighted by atomic mass is 16.5. The van der Waals surface area contributed by atoms with Crippen molar-refractivity contribution < 1.29 is 19.4 Å². The molecule has 1 N–H and O–H groups in total. The standard InChI is InChI=1S/C16H23NO4/c1-5-17(8-9-18)16(19)10-12(2)14-7-6-13(20-3)11-15(14)21-4/h6-7,10-11,18H,5,8-9H2,1-4H3/b12-10+. The van der Waals surface area contributed by atoms with Gasteiger partial charge in [-0.15, -0.1) is 0 Å². The zero-order valence-corrected chi connectivity index (χ0v) is 13.0. The van der Waals surface area contributed by atoms with Gasteiger partial charge in [-0.3, -0.25) is 4.79 Å². The molecule has 0 aliphatic heterocycles. The van der Waals surface area contributed by atoms with Gasteiger partial charge in [0.25, 0.3) is 0 Å². The molecule has 5 nitrogen and oxygen atoms in total. The molecule has 0 saturated carbocycles. The summed E-state index contributed by atoms with van der Waals surface area (Å²) in [6.45, 7) is 4.58. The Morgan fingerprint density at radius 2 is 2.05 bits per heavy atom. The van der Waals surface area contributed by atoms with Crippen molar-refractivity contribution in [1.82, 2.24) is 4.90 Å². The summed E-state index contributed by atoms with van der Waals surface area (Å²) in [5.41, 5.74) is 1.64. The number of ether oxygens (including phenoxy) is 2. The molecule has 1 aromatic carbocycles. The predicted molar refractivity (Wildman–Crippen MR) is 82.5 cm³/mol. The first-order valence-corrected chi connectivity index (χ1v) is 6.87. The van der Waals surface area contributed by atoms with E-state index in [1.165, 1.54) is 0 Å². The van der Waals surface area contributed by atoms with E-state index in [9.17, 15) is 4.79 Å². The lowest BCUT2D eigenvalue weighted by molar-refractivity contribution is -0.126. The first-order valence-electron chi connectivity index (χ1n) is 6.87. The molecule has 21 heavy (non-hydrogen) atoms. The van der Waals surface area contributed by atoms with Crippen LogP contribution >= 0.6 is 0 Å². The summed E-state index contributed by atoms with van der Waals surface area (Å²) in [6.07, 6.45) is 1.56. The minimum atomic E-state index is -0.123. The molecule has 5 heteroatoms. The van der Waals surface area contributed by atoms with Gasteiger partial charge >= 0.3 is 0 Å². The Labute approximate surface area is 125 Å². The Balaban J connectivity index is 3.03. The molecule has 0 unspecified atom stereocenters. The number of likely N-dealkylation sites (N-methyl/N-ethyl adjacent to an activating group) is 1. The third-order valence-corrected chi connectivity index (χ3v) is 3.24. The number of hydrogen-bond acceptors (Lipinski definition) is 4. The fraction of sp³-hybridized carbons (Fsp3) is 0.438. The number of carbonyl (C=O) groups is 1. The van der Waals surface area contributed by atoms with Crippen LogP contribution in [0.15, 0.2) is 24.3 Å². The molecular weight excluding hydrogens is 270 g/mol. The maximum Gasteiger partial charge on any atom is 0.246 e. The van der Waals surface area contributed by atoms with E-state index in [0.29, 0.717) is 24.6 Å². The number of hydrogen-bond donors (Lipinski definition) is 1. The van der Waals surface area contributed by atoms with Crippen LogP contribution in [0.3, 0.4) is 0 Å². The molecule has 0 saturated heterocycles. The average Bonchev–Trinajstić information content (AvgIpc) is 2.51. The summed E-state index contributed by atoms with van der Waals surface area (Å²) in [6, 6.07) is 5.46. The summed E-state index contributed by atoms with van der Waals surface area (Å²) in [7, 11) is 3.17. The highest BCUT2D eigenvalue weighted by Crippen LogP contribution is 2.29. The number of carbonyl (C=O) groups excluding carboxylic acids is 1. The SMILES string of the molecule is CCN(CCO)C(=O)/C=C(\C)c1ccc(OC)cc1OC. The van der Waals surface area contributed by atoms with Crippen LogP contribution < -0.4 is 9.47 Å². The van der Waals surface area contributed by atoms with E-state index >= 15 is 0 Å². The normalized spacial score (nSPS) is 11.2. The highest BCUT2D eigenvalue weighted by molar-refractivity contribution is 5.95. The van der Waals surface area contributed by atoms with Crippen molar-refractivity contribution in [2.75, 3.05) is 33.9 Å². The topological polar surface area (TPSA) is 59.0 Å². The van der Waals surface area contributed by atoms with E-state index in [2.05, 4.69) is 0 Å². The second-order valence-electron chi connectivity index (χ2n) is 4.54. The molecule has 0 fully saturated rings. The third-order valence-electron chi connectivity index (χ3n) is 3.24. The molecule has 0 aliphatic carbocycles. The first-order chi connectivity index (χ1) is 10.1. The van der Waals surface area contributed by atoms with Crippen LogP contribution in [0.2, 0.25) is 0 Å². The first kappa shape index (κ1) is 17.0. The molecule has 1 amide bonds. The van der Waals surface area contributed by atoms with Gasteiger partial charge in [0.05, 0.1) is 20.8 Å². The van der Waals surface area contributed by atoms with E-state index in [0.717, 1.165) is 11.1 Å². The van der Waals surface area contributed by atoms with Gasteiger partial charge in [0.1, 0.15) is 11.5 Å².